The first-order chi connectivity index (χ1) is 13.2. The van der Waals surface area contributed by atoms with Crippen molar-refractivity contribution in [2.75, 3.05) is 21.3 Å². The van der Waals surface area contributed by atoms with E-state index >= 15 is 0 Å². The van der Waals surface area contributed by atoms with Crippen LogP contribution >= 0.6 is 0 Å². The molecule has 2 atom stereocenters. The molecular formula is C23H26O4. The molecule has 0 aromatic heterocycles. The third kappa shape index (κ3) is 4.27. The van der Waals surface area contributed by atoms with Crippen LogP contribution in [0.3, 0.4) is 0 Å². The highest BCUT2D eigenvalue weighted by Crippen LogP contribution is 2.38. The number of phenols is 1. The van der Waals surface area contributed by atoms with Crippen LogP contribution in [0, 0.1) is 5.92 Å². The molecule has 1 aliphatic rings. The van der Waals surface area contributed by atoms with Gasteiger partial charge in [-0.05, 0) is 54.2 Å². The lowest BCUT2D eigenvalue weighted by atomic mass is 9.79. The van der Waals surface area contributed by atoms with Gasteiger partial charge in [0.05, 0.1) is 21.3 Å². The third-order valence-corrected chi connectivity index (χ3v) is 5.00. The fourth-order valence-electron chi connectivity index (χ4n) is 3.52. The summed E-state index contributed by atoms with van der Waals surface area (Å²) in [5, 5.41) is 9.86. The molecule has 0 saturated carbocycles. The van der Waals surface area contributed by atoms with Crippen LogP contribution in [-0.2, 0) is 0 Å². The summed E-state index contributed by atoms with van der Waals surface area (Å²) in [5.74, 6) is 2.75. The molecule has 0 radical (unpaired) electrons. The van der Waals surface area contributed by atoms with Crippen LogP contribution in [0.4, 0.5) is 0 Å². The molecule has 0 amide bonds. The Kier molecular flexibility index (Phi) is 6.07. The van der Waals surface area contributed by atoms with Gasteiger partial charge in [0.2, 0.25) is 0 Å². The van der Waals surface area contributed by atoms with Gasteiger partial charge in [-0.3, -0.25) is 0 Å². The molecule has 1 aliphatic carbocycles. The van der Waals surface area contributed by atoms with Crippen LogP contribution in [0.1, 0.15) is 29.9 Å². The van der Waals surface area contributed by atoms with Crippen molar-refractivity contribution >= 4 is 6.08 Å². The number of phenolic OH excluding ortho intramolecular Hbond substituents is 1. The monoisotopic (exact) mass is 366 g/mol. The minimum atomic E-state index is 0.165. The number of benzene rings is 2. The number of hydrogen-bond acceptors (Lipinski definition) is 4. The molecule has 27 heavy (non-hydrogen) atoms. The minimum Gasteiger partial charge on any atom is -0.504 e. The Bertz CT molecular complexity index is 838. The van der Waals surface area contributed by atoms with Crippen molar-refractivity contribution in [3.8, 4) is 23.0 Å². The summed E-state index contributed by atoms with van der Waals surface area (Å²) in [7, 11) is 4.85. The second kappa shape index (κ2) is 8.67. The standard InChI is InChI=1S/C23H26O4/c1-25-21-13-9-16(14-23(21)27-3)8-10-17-6-4-5-7-19(17)18-11-12-20(24)22(15-18)26-2/h5,7-15,17,19,24H,4,6H2,1-3H3/b10-8+/t17-,19+/m0/s1. The fraction of sp³-hybridized carbons (Fsp3) is 0.304. The highest BCUT2D eigenvalue weighted by Gasteiger charge is 2.22. The lowest BCUT2D eigenvalue weighted by molar-refractivity contribution is 0.355. The Morgan fingerprint density at radius 3 is 2.44 bits per heavy atom. The molecule has 3 rings (SSSR count). The molecule has 2 aromatic rings. The van der Waals surface area contributed by atoms with Crippen molar-refractivity contribution in [3.63, 3.8) is 0 Å². The van der Waals surface area contributed by atoms with E-state index in [-0.39, 0.29) is 11.7 Å². The van der Waals surface area contributed by atoms with Gasteiger partial charge in [-0.15, -0.1) is 0 Å². The summed E-state index contributed by atoms with van der Waals surface area (Å²) in [4.78, 5) is 0. The van der Waals surface area contributed by atoms with Crippen molar-refractivity contribution in [3.05, 3.63) is 65.8 Å². The van der Waals surface area contributed by atoms with Crippen LogP contribution in [0.25, 0.3) is 6.08 Å². The van der Waals surface area contributed by atoms with Gasteiger partial charge in [-0.25, -0.2) is 0 Å². The summed E-state index contributed by atoms with van der Waals surface area (Å²) in [6, 6.07) is 11.5. The van der Waals surface area contributed by atoms with Crippen LogP contribution < -0.4 is 14.2 Å². The van der Waals surface area contributed by atoms with E-state index in [1.807, 2.05) is 30.3 Å². The maximum Gasteiger partial charge on any atom is 0.161 e. The molecule has 0 bridgehead atoms. The normalized spacial score (nSPS) is 19.2. The number of rotatable bonds is 6. The zero-order chi connectivity index (χ0) is 19.2. The quantitative estimate of drug-likeness (QED) is 0.716. The van der Waals surface area contributed by atoms with E-state index in [1.165, 1.54) is 0 Å². The van der Waals surface area contributed by atoms with Gasteiger partial charge in [0.15, 0.2) is 23.0 Å². The predicted octanol–water partition coefficient (Wildman–Crippen LogP) is 5.18. The second-order valence-corrected chi connectivity index (χ2v) is 6.60. The van der Waals surface area contributed by atoms with Crippen LogP contribution in [-0.4, -0.2) is 26.4 Å². The van der Waals surface area contributed by atoms with Gasteiger partial charge in [0.1, 0.15) is 0 Å². The molecule has 1 N–H and O–H groups in total. The van der Waals surface area contributed by atoms with Crippen molar-refractivity contribution in [1.29, 1.82) is 0 Å². The van der Waals surface area contributed by atoms with Gasteiger partial charge in [0.25, 0.3) is 0 Å². The van der Waals surface area contributed by atoms with E-state index < -0.39 is 0 Å². The Balaban J connectivity index is 1.84. The maximum absolute atomic E-state index is 9.86. The Morgan fingerprint density at radius 1 is 0.926 bits per heavy atom. The maximum atomic E-state index is 9.86. The smallest absolute Gasteiger partial charge is 0.161 e. The van der Waals surface area contributed by atoms with E-state index in [0.717, 1.165) is 35.5 Å². The Hall–Kier alpha value is -2.88. The zero-order valence-electron chi connectivity index (χ0n) is 16.0. The van der Waals surface area contributed by atoms with Crippen molar-refractivity contribution in [1.82, 2.24) is 0 Å². The number of allylic oxidation sites excluding steroid dienone is 3. The lowest BCUT2D eigenvalue weighted by Gasteiger charge is -2.26. The number of methoxy groups -OCH3 is 3. The van der Waals surface area contributed by atoms with Crippen LogP contribution in [0.15, 0.2) is 54.6 Å². The first kappa shape index (κ1) is 18.9. The fourth-order valence-corrected chi connectivity index (χ4v) is 3.52. The zero-order valence-corrected chi connectivity index (χ0v) is 16.0. The van der Waals surface area contributed by atoms with Gasteiger partial charge in [-0.1, -0.05) is 36.4 Å². The van der Waals surface area contributed by atoms with Gasteiger partial charge < -0.3 is 19.3 Å². The SMILES string of the molecule is COc1cc([C@@H]2C=CCC[C@H]2/C=C/c2ccc(OC)c(OC)c2)ccc1O. The topological polar surface area (TPSA) is 47.9 Å². The van der Waals surface area contributed by atoms with E-state index in [2.05, 4.69) is 24.3 Å². The average Bonchev–Trinajstić information content (AvgIpc) is 2.72. The second-order valence-electron chi connectivity index (χ2n) is 6.60. The molecule has 0 saturated heterocycles. The molecule has 0 fully saturated rings. The number of hydrogen-bond donors (Lipinski definition) is 1. The van der Waals surface area contributed by atoms with Crippen molar-refractivity contribution in [2.24, 2.45) is 5.92 Å². The average molecular weight is 366 g/mol. The molecule has 2 aromatic carbocycles. The lowest BCUT2D eigenvalue weighted by Crippen LogP contribution is -2.12. The number of ether oxygens (including phenoxy) is 3. The van der Waals surface area contributed by atoms with Crippen molar-refractivity contribution < 1.29 is 19.3 Å². The molecule has 4 nitrogen and oxygen atoms in total. The van der Waals surface area contributed by atoms with Gasteiger partial charge >= 0.3 is 0 Å². The summed E-state index contributed by atoms with van der Waals surface area (Å²) in [6.45, 7) is 0. The Labute approximate surface area is 160 Å². The summed E-state index contributed by atoms with van der Waals surface area (Å²) < 4.78 is 16.0. The largest absolute Gasteiger partial charge is 0.504 e. The van der Waals surface area contributed by atoms with Gasteiger partial charge in [0, 0.05) is 5.92 Å². The summed E-state index contributed by atoms with van der Waals surface area (Å²) in [6.07, 6.45) is 11.0. The molecule has 4 heteroatoms. The predicted molar refractivity (Wildman–Crippen MR) is 108 cm³/mol. The van der Waals surface area contributed by atoms with Crippen LogP contribution in [0.2, 0.25) is 0 Å². The molecule has 0 heterocycles. The van der Waals surface area contributed by atoms with E-state index in [0.29, 0.717) is 11.7 Å². The van der Waals surface area contributed by atoms with Gasteiger partial charge in [-0.2, -0.15) is 0 Å². The summed E-state index contributed by atoms with van der Waals surface area (Å²) in [5.41, 5.74) is 2.21. The van der Waals surface area contributed by atoms with E-state index in [9.17, 15) is 5.11 Å². The molecule has 0 unspecified atom stereocenters. The van der Waals surface area contributed by atoms with E-state index in [1.54, 1.807) is 27.4 Å². The first-order valence-corrected chi connectivity index (χ1v) is 9.10. The van der Waals surface area contributed by atoms with E-state index in [4.69, 9.17) is 14.2 Å². The van der Waals surface area contributed by atoms with Crippen molar-refractivity contribution in [2.45, 2.75) is 18.8 Å². The highest BCUT2D eigenvalue weighted by molar-refractivity contribution is 5.56. The molecular weight excluding hydrogens is 340 g/mol. The number of aromatic hydroxyl groups is 1. The summed E-state index contributed by atoms with van der Waals surface area (Å²) >= 11 is 0. The molecule has 0 spiro atoms. The van der Waals surface area contributed by atoms with Crippen LogP contribution in [0.5, 0.6) is 23.0 Å². The minimum absolute atomic E-state index is 0.165. The molecule has 0 aliphatic heterocycles. The molecule has 142 valence electrons. The third-order valence-electron chi connectivity index (χ3n) is 5.00. The Morgan fingerprint density at radius 2 is 1.70 bits per heavy atom. The first-order valence-electron chi connectivity index (χ1n) is 9.10. The highest BCUT2D eigenvalue weighted by atomic mass is 16.5.